The number of amides is 1. The van der Waals surface area contributed by atoms with Crippen molar-refractivity contribution >= 4 is 17.2 Å². The molecule has 3 heterocycles. The molecule has 0 saturated carbocycles. The normalized spacial score (nSPS) is 24.3. The van der Waals surface area contributed by atoms with Crippen LogP contribution in [0.5, 0.6) is 0 Å². The molecule has 3 aliphatic rings. The Bertz CT molecular complexity index is 499. The summed E-state index contributed by atoms with van der Waals surface area (Å²) in [6, 6.07) is 2.16. The van der Waals surface area contributed by atoms with Crippen molar-refractivity contribution in [2.45, 2.75) is 38.5 Å². The number of hydrogen-bond acceptors (Lipinski definition) is 3. The zero-order valence-electron chi connectivity index (χ0n) is 11.9. The lowest BCUT2D eigenvalue weighted by molar-refractivity contribution is 0.0612. The smallest absolute Gasteiger partial charge is 0.263 e. The Morgan fingerprint density at radius 3 is 2.80 bits per heavy atom. The Kier molecular flexibility index (Phi) is 3.11. The number of hydrogen-bond donors (Lipinski definition) is 1. The van der Waals surface area contributed by atoms with E-state index in [1.165, 1.54) is 49.0 Å². The van der Waals surface area contributed by atoms with E-state index in [4.69, 9.17) is 0 Å². The van der Waals surface area contributed by atoms with Gasteiger partial charge >= 0.3 is 0 Å². The van der Waals surface area contributed by atoms with Crippen molar-refractivity contribution in [3.05, 3.63) is 21.4 Å². The van der Waals surface area contributed by atoms with Crippen LogP contribution < -0.4 is 5.32 Å². The minimum absolute atomic E-state index is 0.283. The highest BCUT2D eigenvalue weighted by Crippen LogP contribution is 2.38. The van der Waals surface area contributed by atoms with Crippen molar-refractivity contribution < 1.29 is 4.79 Å². The number of nitrogens with zero attached hydrogens (tertiary/aromatic N) is 1. The molecule has 0 aromatic carbocycles. The average molecular weight is 290 g/mol. The van der Waals surface area contributed by atoms with E-state index in [2.05, 4.69) is 16.3 Å². The standard InChI is InChI=1S/C16H22N2OS/c19-15(14-10-12-2-1-3-13(12)20-14)18-8-5-16(6-9-18)4-7-17-11-16/h10,17H,1-9,11H2. The maximum absolute atomic E-state index is 12.6. The second kappa shape index (κ2) is 4.85. The maximum atomic E-state index is 12.6. The van der Waals surface area contributed by atoms with Gasteiger partial charge in [0.05, 0.1) is 4.88 Å². The fraction of sp³-hybridized carbons (Fsp3) is 0.688. The molecule has 1 aliphatic carbocycles. The molecule has 1 aromatic heterocycles. The lowest BCUT2D eigenvalue weighted by atomic mass is 9.78. The van der Waals surface area contributed by atoms with Gasteiger partial charge in [-0.3, -0.25) is 4.79 Å². The van der Waals surface area contributed by atoms with E-state index in [1.807, 2.05) is 0 Å². The second-order valence-electron chi connectivity index (χ2n) is 6.63. The molecule has 2 saturated heterocycles. The fourth-order valence-corrected chi connectivity index (χ4v) is 5.22. The number of fused-ring (bicyclic) bond motifs is 1. The van der Waals surface area contributed by atoms with Crippen molar-refractivity contribution in [2.24, 2.45) is 5.41 Å². The van der Waals surface area contributed by atoms with Crippen molar-refractivity contribution in [1.29, 1.82) is 0 Å². The fourth-order valence-electron chi connectivity index (χ4n) is 4.00. The Balaban J connectivity index is 1.44. The molecule has 1 spiro atoms. The first-order valence-electron chi connectivity index (χ1n) is 7.87. The average Bonchev–Trinajstić information content (AvgIpc) is 3.14. The summed E-state index contributed by atoms with van der Waals surface area (Å²) in [5, 5.41) is 3.48. The van der Waals surface area contributed by atoms with Gasteiger partial charge in [-0.25, -0.2) is 0 Å². The molecule has 2 fully saturated rings. The van der Waals surface area contributed by atoms with Crippen LogP contribution in [0.2, 0.25) is 0 Å². The molecule has 0 bridgehead atoms. The number of thiophene rings is 1. The van der Waals surface area contributed by atoms with Gasteiger partial charge in [0.15, 0.2) is 0 Å². The molecule has 0 unspecified atom stereocenters. The number of carbonyl (C=O) groups is 1. The van der Waals surface area contributed by atoms with Crippen molar-refractivity contribution in [2.75, 3.05) is 26.2 Å². The van der Waals surface area contributed by atoms with Gasteiger partial charge in [0.25, 0.3) is 5.91 Å². The minimum atomic E-state index is 0.283. The summed E-state index contributed by atoms with van der Waals surface area (Å²) in [7, 11) is 0. The van der Waals surface area contributed by atoms with Crippen LogP contribution in [-0.2, 0) is 12.8 Å². The monoisotopic (exact) mass is 290 g/mol. The molecule has 3 nitrogen and oxygen atoms in total. The van der Waals surface area contributed by atoms with Gasteiger partial charge in [-0.05, 0) is 62.1 Å². The molecule has 108 valence electrons. The van der Waals surface area contributed by atoms with Gasteiger partial charge in [-0.2, -0.15) is 0 Å². The summed E-state index contributed by atoms with van der Waals surface area (Å²) in [5.74, 6) is 0.283. The third kappa shape index (κ3) is 2.09. The first-order valence-corrected chi connectivity index (χ1v) is 8.69. The Morgan fingerprint density at radius 1 is 1.25 bits per heavy atom. The molecule has 4 rings (SSSR count). The Labute approximate surface area is 124 Å². The number of likely N-dealkylation sites (tertiary alicyclic amines) is 1. The maximum Gasteiger partial charge on any atom is 0.263 e. The highest BCUT2D eigenvalue weighted by Gasteiger charge is 2.38. The van der Waals surface area contributed by atoms with E-state index in [9.17, 15) is 4.79 Å². The van der Waals surface area contributed by atoms with Crippen LogP contribution in [0.15, 0.2) is 6.07 Å². The number of piperidine rings is 1. The van der Waals surface area contributed by atoms with Gasteiger partial charge in [-0.1, -0.05) is 0 Å². The SMILES string of the molecule is O=C(c1cc2c(s1)CCC2)N1CCC2(CCNC2)CC1. The first kappa shape index (κ1) is 12.8. The van der Waals surface area contributed by atoms with Crippen LogP contribution in [0.25, 0.3) is 0 Å². The molecule has 0 atom stereocenters. The summed E-state index contributed by atoms with van der Waals surface area (Å²) in [6.07, 6.45) is 7.28. The summed E-state index contributed by atoms with van der Waals surface area (Å²) in [4.78, 5) is 17.2. The predicted octanol–water partition coefficient (Wildman–Crippen LogP) is 2.45. The molecule has 2 aliphatic heterocycles. The van der Waals surface area contributed by atoms with Crippen LogP contribution >= 0.6 is 11.3 Å². The number of rotatable bonds is 1. The molecule has 20 heavy (non-hydrogen) atoms. The van der Waals surface area contributed by atoms with Crippen LogP contribution in [0.1, 0.15) is 45.8 Å². The highest BCUT2D eigenvalue weighted by molar-refractivity contribution is 7.14. The van der Waals surface area contributed by atoms with Gasteiger partial charge in [0, 0.05) is 24.5 Å². The molecular weight excluding hydrogens is 268 g/mol. The zero-order chi connectivity index (χ0) is 13.6. The van der Waals surface area contributed by atoms with Crippen LogP contribution in [-0.4, -0.2) is 37.0 Å². The lowest BCUT2D eigenvalue weighted by Crippen LogP contribution is -2.43. The number of aryl methyl sites for hydroxylation is 2. The largest absolute Gasteiger partial charge is 0.338 e. The molecule has 0 radical (unpaired) electrons. The second-order valence-corrected chi connectivity index (χ2v) is 7.77. The summed E-state index contributed by atoms with van der Waals surface area (Å²) in [6.45, 7) is 4.21. The topological polar surface area (TPSA) is 32.3 Å². The van der Waals surface area contributed by atoms with Crippen molar-refractivity contribution in [1.82, 2.24) is 10.2 Å². The minimum Gasteiger partial charge on any atom is -0.338 e. The van der Waals surface area contributed by atoms with E-state index in [0.717, 1.165) is 31.1 Å². The van der Waals surface area contributed by atoms with E-state index < -0.39 is 0 Å². The molecule has 1 aromatic rings. The highest BCUT2D eigenvalue weighted by atomic mass is 32.1. The summed E-state index contributed by atoms with van der Waals surface area (Å²) >= 11 is 1.74. The zero-order valence-corrected chi connectivity index (χ0v) is 12.7. The Morgan fingerprint density at radius 2 is 2.10 bits per heavy atom. The van der Waals surface area contributed by atoms with Gasteiger partial charge in [0.1, 0.15) is 0 Å². The van der Waals surface area contributed by atoms with Crippen LogP contribution in [0, 0.1) is 5.41 Å². The van der Waals surface area contributed by atoms with Gasteiger partial charge in [0.2, 0.25) is 0 Å². The van der Waals surface area contributed by atoms with E-state index in [0.29, 0.717) is 5.41 Å². The van der Waals surface area contributed by atoms with Gasteiger partial charge in [-0.15, -0.1) is 11.3 Å². The number of carbonyl (C=O) groups excluding carboxylic acids is 1. The molecule has 1 amide bonds. The lowest BCUT2D eigenvalue weighted by Gasteiger charge is -2.38. The Hall–Kier alpha value is -0.870. The number of nitrogens with one attached hydrogen (secondary N) is 1. The first-order chi connectivity index (χ1) is 9.76. The third-order valence-corrected chi connectivity index (χ3v) is 6.63. The van der Waals surface area contributed by atoms with E-state index in [-0.39, 0.29) is 5.91 Å². The molecule has 4 heteroatoms. The summed E-state index contributed by atoms with van der Waals surface area (Å²) < 4.78 is 0. The third-order valence-electron chi connectivity index (χ3n) is 5.40. The van der Waals surface area contributed by atoms with Crippen molar-refractivity contribution in [3.8, 4) is 0 Å². The molecule has 1 N–H and O–H groups in total. The summed E-state index contributed by atoms with van der Waals surface area (Å²) in [5.41, 5.74) is 1.93. The van der Waals surface area contributed by atoms with E-state index in [1.54, 1.807) is 11.3 Å². The molecular formula is C16H22N2OS. The quantitative estimate of drug-likeness (QED) is 0.861. The van der Waals surface area contributed by atoms with Crippen LogP contribution in [0.4, 0.5) is 0 Å². The van der Waals surface area contributed by atoms with Crippen LogP contribution in [0.3, 0.4) is 0 Å². The van der Waals surface area contributed by atoms with Gasteiger partial charge < -0.3 is 10.2 Å². The van der Waals surface area contributed by atoms with E-state index >= 15 is 0 Å². The van der Waals surface area contributed by atoms with Crippen molar-refractivity contribution in [3.63, 3.8) is 0 Å². The predicted molar refractivity (Wildman–Crippen MR) is 81.4 cm³/mol.